The maximum Gasteiger partial charge on any atom is 0.150 e. The van der Waals surface area contributed by atoms with E-state index in [1.807, 2.05) is 7.05 Å². The summed E-state index contributed by atoms with van der Waals surface area (Å²) in [6, 6.07) is 0. The molecule has 0 aromatic carbocycles. The number of sulfone groups is 1. The number of hydrogen-bond donors (Lipinski definition) is 1. The molecule has 0 bridgehead atoms. The molecule has 0 amide bonds. The van der Waals surface area contributed by atoms with Crippen molar-refractivity contribution in [1.82, 2.24) is 5.32 Å². The largest absolute Gasteiger partial charge is 0.320 e. The molecule has 0 saturated carbocycles. The van der Waals surface area contributed by atoms with E-state index >= 15 is 0 Å². The molecule has 1 aliphatic rings. The van der Waals surface area contributed by atoms with Gasteiger partial charge in [-0.3, -0.25) is 0 Å². The zero-order chi connectivity index (χ0) is 9.03. The molecule has 0 aliphatic carbocycles. The molecule has 1 saturated heterocycles. The van der Waals surface area contributed by atoms with Gasteiger partial charge in [-0.15, -0.1) is 0 Å². The molecule has 1 unspecified atom stereocenters. The first kappa shape index (κ1) is 9.99. The summed E-state index contributed by atoms with van der Waals surface area (Å²) < 4.78 is 22.1. The van der Waals surface area contributed by atoms with E-state index in [1.54, 1.807) is 0 Å². The topological polar surface area (TPSA) is 46.2 Å². The molecule has 1 aliphatic heterocycles. The molecule has 12 heavy (non-hydrogen) atoms. The van der Waals surface area contributed by atoms with E-state index in [1.165, 1.54) is 0 Å². The van der Waals surface area contributed by atoms with Crippen LogP contribution in [0, 0.1) is 5.92 Å². The first-order valence-electron chi connectivity index (χ1n) is 4.49. The lowest BCUT2D eigenvalue weighted by molar-refractivity contribution is 0.510. The van der Waals surface area contributed by atoms with Gasteiger partial charge in [0.2, 0.25) is 0 Å². The van der Waals surface area contributed by atoms with E-state index in [2.05, 4.69) is 5.32 Å². The third-order valence-electron chi connectivity index (χ3n) is 2.37. The van der Waals surface area contributed by atoms with Crippen molar-refractivity contribution in [2.45, 2.75) is 19.3 Å². The monoisotopic (exact) mass is 191 g/mol. The van der Waals surface area contributed by atoms with Crippen LogP contribution in [0.25, 0.3) is 0 Å². The highest BCUT2D eigenvalue weighted by Gasteiger charge is 2.26. The van der Waals surface area contributed by atoms with Gasteiger partial charge in [-0.1, -0.05) is 0 Å². The van der Waals surface area contributed by atoms with Gasteiger partial charge in [0.05, 0.1) is 11.5 Å². The summed E-state index contributed by atoms with van der Waals surface area (Å²) >= 11 is 0. The van der Waals surface area contributed by atoms with Crippen LogP contribution in [-0.4, -0.2) is 33.5 Å². The van der Waals surface area contributed by atoms with Crippen molar-refractivity contribution in [3.05, 3.63) is 0 Å². The second kappa shape index (κ2) is 4.23. The van der Waals surface area contributed by atoms with E-state index in [0.717, 1.165) is 25.8 Å². The van der Waals surface area contributed by atoms with Crippen LogP contribution >= 0.6 is 0 Å². The summed E-state index contributed by atoms with van der Waals surface area (Å²) in [6.45, 7) is 0.997. The first-order valence-corrected chi connectivity index (χ1v) is 6.31. The molecule has 1 N–H and O–H groups in total. The van der Waals surface area contributed by atoms with Gasteiger partial charge in [-0.05, 0) is 38.8 Å². The molecule has 0 radical (unpaired) electrons. The second-order valence-corrected chi connectivity index (χ2v) is 5.74. The van der Waals surface area contributed by atoms with Gasteiger partial charge in [-0.25, -0.2) is 8.42 Å². The molecular formula is C8H17NO2S. The Bertz CT molecular complexity index is 223. The molecule has 1 heterocycles. The van der Waals surface area contributed by atoms with Crippen molar-refractivity contribution in [3.8, 4) is 0 Å². The number of hydrogen-bond acceptors (Lipinski definition) is 3. The van der Waals surface area contributed by atoms with E-state index in [-0.39, 0.29) is 0 Å². The Balaban J connectivity index is 2.20. The first-order chi connectivity index (χ1) is 5.64. The molecule has 1 rings (SSSR count). The normalized spacial score (nSPS) is 27.6. The van der Waals surface area contributed by atoms with Crippen molar-refractivity contribution in [3.63, 3.8) is 0 Å². The minimum atomic E-state index is -2.65. The minimum absolute atomic E-state index is 0.414. The fourth-order valence-corrected chi connectivity index (χ4v) is 3.58. The maximum atomic E-state index is 11.1. The summed E-state index contributed by atoms with van der Waals surface area (Å²) in [5.41, 5.74) is 0. The van der Waals surface area contributed by atoms with E-state index < -0.39 is 9.84 Å². The van der Waals surface area contributed by atoms with Gasteiger partial charge in [0, 0.05) is 0 Å². The summed E-state index contributed by atoms with van der Waals surface area (Å²) in [6.07, 6.45) is 3.03. The summed E-state index contributed by atoms with van der Waals surface area (Å²) in [5, 5.41) is 3.06. The highest BCUT2D eigenvalue weighted by molar-refractivity contribution is 7.91. The molecule has 0 aromatic rings. The molecular weight excluding hydrogens is 174 g/mol. The third kappa shape index (κ3) is 3.11. The molecule has 72 valence electrons. The van der Waals surface area contributed by atoms with Crippen molar-refractivity contribution in [1.29, 1.82) is 0 Å². The lowest BCUT2D eigenvalue weighted by Gasteiger charge is -2.05. The molecule has 0 aromatic heterocycles. The molecule has 4 heteroatoms. The van der Waals surface area contributed by atoms with Crippen LogP contribution in [0.4, 0.5) is 0 Å². The lowest BCUT2D eigenvalue weighted by Crippen LogP contribution is -2.11. The minimum Gasteiger partial charge on any atom is -0.320 e. The zero-order valence-electron chi connectivity index (χ0n) is 7.54. The van der Waals surface area contributed by atoms with Crippen LogP contribution in [0.3, 0.4) is 0 Å². The van der Waals surface area contributed by atoms with Gasteiger partial charge in [0.15, 0.2) is 9.84 Å². The number of nitrogens with one attached hydrogen (secondary N) is 1. The van der Waals surface area contributed by atoms with E-state index in [0.29, 0.717) is 17.4 Å². The Labute approximate surface area is 74.5 Å². The van der Waals surface area contributed by atoms with E-state index in [4.69, 9.17) is 0 Å². The van der Waals surface area contributed by atoms with Gasteiger partial charge < -0.3 is 5.32 Å². The van der Waals surface area contributed by atoms with E-state index in [9.17, 15) is 8.42 Å². The quantitative estimate of drug-likeness (QED) is 0.655. The van der Waals surface area contributed by atoms with Crippen molar-refractivity contribution in [2.24, 2.45) is 5.92 Å². The highest BCUT2D eigenvalue weighted by Crippen LogP contribution is 2.22. The Morgan fingerprint density at radius 2 is 2.25 bits per heavy atom. The predicted molar refractivity (Wildman–Crippen MR) is 49.9 cm³/mol. The van der Waals surface area contributed by atoms with Crippen LogP contribution in [0.5, 0.6) is 0 Å². The fraction of sp³-hybridized carbons (Fsp3) is 1.00. The summed E-state index contributed by atoms with van der Waals surface area (Å²) in [7, 11) is -0.731. The molecule has 3 nitrogen and oxygen atoms in total. The van der Waals surface area contributed by atoms with Crippen LogP contribution in [0.1, 0.15) is 19.3 Å². The average molecular weight is 191 g/mol. The van der Waals surface area contributed by atoms with Gasteiger partial charge in [0.1, 0.15) is 0 Å². The Kier molecular flexibility index (Phi) is 3.53. The van der Waals surface area contributed by atoms with Crippen LogP contribution in [-0.2, 0) is 9.84 Å². The average Bonchev–Trinajstić information content (AvgIpc) is 2.31. The number of rotatable bonds is 4. The van der Waals surface area contributed by atoms with Crippen LogP contribution in [0.2, 0.25) is 0 Å². The van der Waals surface area contributed by atoms with Crippen molar-refractivity contribution >= 4 is 9.84 Å². The molecule has 0 spiro atoms. The molecule has 1 fully saturated rings. The predicted octanol–water partition coefficient (Wildman–Crippen LogP) is 0.421. The van der Waals surface area contributed by atoms with Crippen LogP contribution < -0.4 is 5.32 Å². The fourth-order valence-electron chi connectivity index (χ4n) is 1.67. The molecule has 1 atom stereocenters. The third-order valence-corrected chi connectivity index (χ3v) is 4.20. The Morgan fingerprint density at radius 3 is 2.75 bits per heavy atom. The highest BCUT2D eigenvalue weighted by atomic mass is 32.2. The van der Waals surface area contributed by atoms with Gasteiger partial charge >= 0.3 is 0 Å². The SMILES string of the molecule is CNCCCC1CCS(=O)(=O)C1. The summed E-state index contributed by atoms with van der Waals surface area (Å²) in [4.78, 5) is 0. The Morgan fingerprint density at radius 1 is 1.50 bits per heavy atom. The lowest BCUT2D eigenvalue weighted by atomic mass is 10.0. The second-order valence-electron chi connectivity index (χ2n) is 3.51. The standard InChI is InChI=1S/C8H17NO2S/c1-9-5-2-3-8-4-6-12(10,11)7-8/h8-9H,2-7H2,1H3. The van der Waals surface area contributed by atoms with Gasteiger partial charge in [0.25, 0.3) is 0 Å². The maximum absolute atomic E-state index is 11.1. The van der Waals surface area contributed by atoms with Gasteiger partial charge in [-0.2, -0.15) is 0 Å². The zero-order valence-corrected chi connectivity index (χ0v) is 8.36. The van der Waals surface area contributed by atoms with Crippen LogP contribution in [0.15, 0.2) is 0 Å². The Hall–Kier alpha value is -0.0900. The smallest absolute Gasteiger partial charge is 0.150 e. The van der Waals surface area contributed by atoms with Crippen molar-refractivity contribution in [2.75, 3.05) is 25.1 Å². The summed E-state index contributed by atoms with van der Waals surface area (Å²) in [5.74, 6) is 1.27. The van der Waals surface area contributed by atoms with Crippen molar-refractivity contribution < 1.29 is 8.42 Å².